The monoisotopic (exact) mass is 313 g/mol. The van der Waals surface area contributed by atoms with Crippen LogP contribution in [0.5, 0.6) is 11.5 Å². The molecular weight excluding hydrogens is 290 g/mol. The number of benzene rings is 2. The molecule has 4 heteroatoms. The van der Waals surface area contributed by atoms with Gasteiger partial charge in [-0.25, -0.2) is 0 Å². The summed E-state index contributed by atoms with van der Waals surface area (Å²) in [5.41, 5.74) is 2.27. The molecule has 0 aliphatic carbocycles. The summed E-state index contributed by atoms with van der Waals surface area (Å²) in [7, 11) is 0. The summed E-state index contributed by atoms with van der Waals surface area (Å²) in [6.45, 7) is 3.82. The van der Waals surface area contributed by atoms with Crippen LogP contribution in [0, 0.1) is 0 Å². The first kappa shape index (κ1) is 15.8. The second-order valence-electron chi connectivity index (χ2n) is 5.88. The zero-order valence-corrected chi connectivity index (χ0v) is 13.4. The number of fused-ring (bicyclic) bond motifs is 1. The van der Waals surface area contributed by atoms with Crippen LogP contribution in [0.3, 0.4) is 0 Å². The zero-order valence-electron chi connectivity index (χ0n) is 13.4. The minimum absolute atomic E-state index is 0.135. The molecule has 3 rings (SSSR count). The van der Waals surface area contributed by atoms with Gasteiger partial charge in [0, 0.05) is 12.6 Å². The molecule has 0 saturated heterocycles. The number of hydrogen-bond acceptors (Lipinski definition) is 4. The molecule has 0 radical (unpaired) electrons. The summed E-state index contributed by atoms with van der Waals surface area (Å²) in [5.74, 6) is 1.60. The number of hydrogen-bond donors (Lipinski definition) is 2. The highest BCUT2D eigenvalue weighted by Gasteiger charge is 2.15. The summed E-state index contributed by atoms with van der Waals surface area (Å²) in [5, 5.41) is 13.6. The van der Waals surface area contributed by atoms with E-state index in [1.165, 1.54) is 0 Å². The highest BCUT2D eigenvalue weighted by atomic mass is 16.6. The minimum atomic E-state index is -0.405. The van der Waals surface area contributed by atoms with Crippen LogP contribution in [0.1, 0.15) is 24.1 Å². The zero-order chi connectivity index (χ0) is 16.1. The SMILES string of the molecule is CC(NCC(O)Cc1ccccc1)c1ccc2c(c1)OCCO2. The number of ether oxygens (including phenoxy) is 2. The maximum absolute atomic E-state index is 10.2. The Kier molecular flexibility index (Phi) is 5.16. The summed E-state index contributed by atoms with van der Waals surface area (Å²) in [6.07, 6.45) is 0.249. The van der Waals surface area contributed by atoms with Crippen LogP contribution in [0.15, 0.2) is 48.5 Å². The van der Waals surface area contributed by atoms with E-state index >= 15 is 0 Å². The predicted octanol–water partition coefficient (Wildman–Crippen LogP) is 2.71. The van der Waals surface area contributed by atoms with Gasteiger partial charge in [-0.3, -0.25) is 0 Å². The molecule has 0 spiro atoms. The Bertz CT molecular complexity index is 630. The van der Waals surface area contributed by atoms with E-state index in [1.54, 1.807) is 0 Å². The largest absolute Gasteiger partial charge is 0.486 e. The van der Waals surface area contributed by atoms with Crippen molar-refractivity contribution < 1.29 is 14.6 Å². The van der Waals surface area contributed by atoms with Gasteiger partial charge in [0.15, 0.2) is 11.5 Å². The molecule has 0 amide bonds. The fraction of sp³-hybridized carbons (Fsp3) is 0.368. The van der Waals surface area contributed by atoms with Crippen molar-refractivity contribution in [2.24, 2.45) is 0 Å². The van der Waals surface area contributed by atoms with Gasteiger partial charge in [-0.1, -0.05) is 36.4 Å². The van der Waals surface area contributed by atoms with E-state index in [2.05, 4.69) is 12.2 Å². The molecule has 2 N–H and O–H groups in total. The summed E-state index contributed by atoms with van der Waals surface area (Å²) < 4.78 is 11.2. The lowest BCUT2D eigenvalue weighted by Gasteiger charge is -2.22. The smallest absolute Gasteiger partial charge is 0.161 e. The Morgan fingerprint density at radius 1 is 1.04 bits per heavy atom. The molecule has 122 valence electrons. The predicted molar refractivity (Wildman–Crippen MR) is 90.0 cm³/mol. The van der Waals surface area contributed by atoms with E-state index in [0.29, 0.717) is 26.2 Å². The number of aliphatic hydroxyl groups is 1. The highest BCUT2D eigenvalue weighted by molar-refractivity contribution is 5.44. The fourth-order valence-corrected chi connectivity index (χ4v) is 2.72. The minimum Gasteiger partial charge on any atom is -0.486 e. The number of aliphatic hydroxyl groups excluding tert-OH is 1. The molecule has 2 aromatic carbocycles. The van der Waals surface area contributed by atoms with Crippen molar-refractivity contribution in [1.82, 2.24) is 5.32 Å². The van der Waals surface area contributed by atoms with Gasteiger partial charge in [-0.2, -0.15) is 0 Å². The first-order valence-corrected chi connectivity index (χ1v) is 8.07. The van der Waals surface area contributed by atoms with Crippen LogP contribution in [-0.2, 0) is 6.42 Å². The van der Waals surface area contributed by atoms with Crippen LogP contribution in [-0.4, -0.2) is 31.0 Å². The van der Waals surface area contributed by atoms with Crippen molar-refractivity contribution in [3.63, 3.8) is 0 Å². The molecule has 0 saturated carbocycles. The Morgan fingerprint density at radius 3 is 2.57 bits per heavy atom. The maximum atomic E-state index is 10.2. The molecular formula is C19H23NO3. The van der Waals surface area contributed by atoms with Gasteiger partial charge in [0.25, 0.3) is 0 Å². The van der Waals surface area contributed by atoms with E-state index in [0.717, 1.165) is 22.6 Å². The molecule has 0 fully saturated rings. The van der Waals surface area contributed by atoms with Crippen molar-refractivity contribution in [3.05, 3.63) is 59.7 Å². The molecule has 0 aromatic heterocycles. The molecule has 2 aromatic rings. The average molecular weight is 313 g/mol. The summed E-state index contributed by atoms with van der Waals surface area (Å²) in [4.78, 5) is 0. The van der Waals surface area contributed by atoms with Crippen LogP contribution < -0.4 is 14.8 Å². The van der Waals surface area contributed by atoms with Crippen molar-refractivity contribution in [2.45, 2.75) is 25.5 Å². The molecule has 1 aliphatic heterocycles. The van der Waals surface area contributed by atoms with Crippen molar-refractivity contribution in [2.75, 3.05) is 19.8 Å². The Balaban J connectivity index is 1.53. The summed E-state index contributed by atoms with van der Waals surface area (Å²) >= 11 is 0. The Hall–Kier alpha value is -2.04. The first-order chi connectivity index (χ1) is 11.2. The van der Waals surface area contributed by atoms with Gasteiger partial charge in [0.2, 0.25) is 0 Å². The van der Waals surface area contributed by atoms with E-state index in [-0.39, 0.29) is 6.04 Å². The van der Waals surface area contributed by atoms with E-state index < -0.39 is 6.10 Å². The number of rotatable bonds is 6. The van der Waals surface area contributed by atoms with Gasteiger partial charge in [-0.05, 0) is 36.6 Å². The van der Waals surface area contributed by atoms with Gasteiger partial charge in [0.1, 0.15) is 13.2 Å². The van der Waals surface area contributed by atoms with Crippen LogP contribution >= 0.6 is 0 Å². The average Bonchev–Trinajstić information content (AvgIpc) is 2.60. The van der Waals surface area contributed by atoms with Crippen molar-refractivity contribution >= 4 is 0 Å². The lowest BCUT2D eigenvalue weighted by molar-refractivity contribution is 0.167. The quantitative estimate of drug-likeness (QED) is 0.861. The topological polar surface area (TPSA) is 50.7 Å². The lowest BCUT2D eigenvalue weighted by atomic mass is 10.1. The van der Waals surface area contributed by atoms with E-state index in [1.807, 2.05) is 48.5 Å². The van der Waals surface area contributed by atoms with Gasteiger partial charge in [-0.15, -0.1) is 0 Å². The molecule has 23 heavy (non-hydrogen) atoms. The normalized spacial score (nSPS) is 15.9. The van der Waals surface area contributed by atoms with Crippen LogP contribution in [0.2, 0.25) is 0 Å². The van der Waals surface area contributed by atoms with Crippen LogP contribution in [0.25, 0.3) is 0 Å². The molecule has 2 unspecified atom stereocenters. The molecule has 2 atom stereocenters. The first-order valence-electron chi connectivity index (χ1n) is 8.07. The second kappa shape index (κ2) is 7.49. The Morgan fingerprint density at radius 2 is 1.78 bits per heavy atom. The third-order valence-corrected chi connectivity index (χ3v) is 4.04. The third-order valence-electron chi connectivity index (χ3n) is 4.04. The highest BCUT2D eigenvalue weighted by Crippen LogP contribution is 2.32. The van der Waals surface area contributed by atoms with Gasteiger partial charge >= 0.3 is 0 Å². The Labute approximate surface area is 137 Å². The van der Waals surface area contributed by atoms with E-state index in [9.17, 15) is 5.11 Å². The van der Waals surface area contributed by atoms with Gasteiger partial charge < -0.3 is 19.9 Å². The molecule has 4 nitrogen and oxygen atoms in total. The lowest BCUT2D eigenvalue weighted by Crippen LogP contribution is -2.30. The van der Waals surface area contributed by atoms with Crippen molar-refractivity contribution in [3.8, 4) is 11.5 Å². The number of nitrogens with one attached hydrogen (secondary N) is 1. The molecule has 1 aliphatic rings. The molecule has 1 heterocycles. The van der Waals surface area contributed by atoms with E-state index in [4.69, 9.17) is 9.47 Å². The maximum Gasteiger partial charge on any atom is 0.161 e. The second-order valence-corrected chi connectivity index (χ2v) is 5.88. The third kappa shape index (κ3) is 4.24. The van der Waals surface area contributed by atoms with Gasteiger partial charge in [0.05, 0.1) is 6.10 Å². The molecule has 0 bridgehead atoms. The fourth-order valence-electron chi connectivity index (χ4n) is 2.72. The standard InChI is InChI=1S/C19H23NO3/c1-14(16-7-8-18-19(12-16)23-10-9-22-18)20-13-17(21)11-15-5-3-2-4-6-15/h2-8,12,14,17,20-21H,9-11,13H2,1H3. The summed E-state index contributed by atoms with van der Waals surface area (Å²) in [6, 6.07) is 16.2. The van der Waals surface area contributed by atoms with Crippen molar-refractivity contribution in [1.29, 1.82) is 0 Å². The van der Waals surface area contributed by atoms with Crippen LogP contribution in [0.4, 0.5) is 0 Å².